The largest absolute Gasteiger partial charge is 0.480 e. The van der Waals surface area contributed by atoms with Gasteiger partial charge in [0.05, 0.1) is 0 Å². The van der Waals surface area contributed by atoms with Gasteiger partial charge in [0.15, 0.2) is 0 Å². The maximum Gasteiger partial charge on any atom is 0.326 e. The van der Waals surface area contributed by atoms with E-state index in [1.807, 2.05) is 6.92 Å². The number of amides is 2. The summed E-state index contributed by atoms with van der Waals surface area (Å²) in [6.45, 7) is 4.19. The monoisotopic (exact) mass is 254 g/mol. The third kappa shape index (κ3) is 6.79. The molecule has 3 N–H and O–H groups in total. The summed E-state index contributed by atoms with van der Waals surface area (Å²) in [6.07, 6.45) is 8.13. The lowest BCUT2D eigenvalue weighted by molar-refractivity contribution is -0.140. The van der Waals surface area contributed by atoms with Crippen LogP contribution in [0.1, 0.15) is 39.5 Å². The Bertz CT molecular complexity index is 310. The van der Waals surface area contributed by atoms with Crippen LogP contribution in [-0.2, 0) is 4.79 Å². The molecule has 2 amide bonds. The molecular formula is C13H22N2O3. The average molecular weight is 254 g/mol. The molecule has 0 aromatic rings. The van der Waals surface area contributed by atoms with Crippen LogP contribution < -0.4 is 10.6 Å². The Morgan fingerprint density at radius 1 is 1.39 bits per heavy atom. The van der Waals surface area contributed by atoms with Crippen LogP contribution in [0, 0.1) is 18.3 Å². The van der Waals surface area contributed by atoms with E-state index < -0.39 is 18.0 Å². The van der Waals surface area contributed by atoms with Gasteiger partial charge < -0.3 is 15.7 Å². The Kier molecular flexibility index (Phi) is 8.46. The van der Waals surface area contributed by atoms with Crippen molar-refractivity contribution in [1.29, 1.82) is 0 Å². The Morgan fingerprint density at radius 3 is 2.56 bits per heavy atom. The standard InChI is InChI=1S/C13H22N2O3/c1-4-6-7-8-9-14-13(18)15-11(12(16)17)10(3)5-2/h1,10-11H,5-9H2,2-3H3,(H,16,17)(H2,14,15,18)/t10?,11-/m0/s1. The zero-order valence-corrected chi connectivity index (χ0v) is 11.0. The fraction of sp³-hybridized carbons (Fsp3) is 0.692. The van der Waals surface area contributed by atoms with Crippen molar-refractivity contribution in [1.82, 2.24) is 10.6 Å². The van der Waals surface area contributed by atoms with E-state index in [0.717, 1.165) is 12.8 Å². The van der Waals surface area contributed by atoms with Gasteiger partial charge in [0, 0.05) is 13.0 Å². The summed E-state index contributed by atoms with van der Waals surface area (Å²) in [5.74, 6) is 1.41. The molecule has 0 fully saturated rings. The molecule has 18 heavy (non-hydrogen) atoms. The highest BCUT2D eigenvalue weighted by molar-refractivity contribution is 5.82. The van der Waals surface area contributed by atoms with Crippen molar-refractivity contribution in [2.24, 2.45) is 5.92 Å². The van der Waals surface area contributed by atoms with Gasteiger partial charge >= 0.3 is 12.0 Å². The molecule has 0 saturated carbocycles. The number of nitrogens with one attached hydrogen (secondary N) is 2. The maximum absolute atomic E-state index is 11.5. The number of hydrogen-bond donors (Lipinski definition) is 3. The van der Waals surface area contributed by atoms with Gasteiger partial charge in [-0.2, -0.15) is 0 Å². The van der Waals surface area contributed by atoms with Gasteiger partial charge in [-0.3, -0.25) is 0 Å². The van der Waals surface area contributed by atoms with Crippen LogP contribution in [0.25, 0.3) is 0 Å². The van der Waals surface area contributed by atoms with Crippen LogP contribution in [0.3, 0.4) is 0 Å². The molecule has 0 aromatic heterocycles. The molecule has 0 bridgehead atoms. The summed E-state index contributed by atoms with van der Waals surface area (Å²) in [5.41, 5.74) is 0. The first kappa shape index (κ1) is 16.3. The lowest BCUT2D eigenvalue weighted by atomic mass is 9.99. The summed E-state index contributed by atoms with van der Waals surface area (Å²) in [7, 11) is 0. The summed E-state index contributed by atoms with van der Waals surface area (Å²) in [6, 6.07) is -1.29. The molecule has 2 atom stereocenters. The summed E-state index contributed by atoms with van der Waals surface area (Å²) >= 11 is 0. The first-order chi connectivity index (χ1) is 8.52. The van der Waals surface area contributed by atoms with Crippen LogP contribution >= 0.6 is 0 Å². The van der Waals surface area contributed by atoms with Crippen molar-refractivity contribution < 1.29 is 14.7 Å². The molecule has 0 aliphatic carbocycles. The summed E-state index contributed by atoms with van der Waals surface area (Å²) in [5, 5.41) is 14.1. The van der Waals surface area contributed by atoms with Gasteiger partial charge in [0.1, 0.15) is 6.04 Å². The van der Waals surface area contributed by atoms with Gasteiger partial charge in [0.2, 0.25) is 0 Å². The highest BCUT2D eigenvalue weighted by Crippen LogP contribution is 2.07. The molecule has 0 aliphatic heterocycles. The average Bonchev–Trinajstić information content (AvgIpc) is 2.34. The summed E-state index contributed by atoms with van der Waals surface area (Å²) < 4.78 is 0. The predicted molar refractivity (Wildman–Crippen MR) is 70.1 cm³/mol. The highest BCUT2D eigenvalue weighted by atomic mass is 16.4. The quantitative estimate of drug-likeness (QED) is 0.454. The van der Waals surface area contributed by atoms with Crippen LogP contribution in [0.2, 0.25) is 0 Å². The minimum atomic E-state index is -1.01. The molecular weight excluding hydrogens is 232 g/mol. The first-order valence-electron chi connectivity index (χ1n) is 6.23. The van der Waals surface area contributed by atoms with E-state index in [-0.39, 0.29) is 5.92 Å². The van der Waals surface area contributed by atoms with Gasteiger partial charge in [-0.05, 0) is 18.8 Å². The Labute approximate surface area is 108 Å². The molecule has 102 valence electrons. The van der Waals surface area contributed by atoms with E-state index in [9.17, 15) is 9.59 Å². The van der Waals surface area contributed by atoms with Crippen molar-refractivity contribution in [3.63, 3.8) is 0 Å². The van der Waals surface area contributed by atoms with E-state index in [1.165, 1.54) is 0 Å². The summed E-state index contributed by atoms with van der Waals surface area (Å²) in [4.78, 5) is 22.5. The van der Waals surface area contributed by atoms with Crippen molar-refractivity contribution in [2.45, 2.75) is 45.6 Å². The van der Waals surface area contributed by atoms with E-state index in [1.54, 1.807) is 6.92 Å². The Balaban J connectivity index is 3.97. The van der Waals surface area contributed by atoms with Crippen molar-refractivity contribution in [3.8, 4) is 12.3 Å². The highest BCUT2D eigenvalue weighted by Gasteiger charge is 2.24. The molecule has 5 heteroatoms. The topological polar surface area (TPSA) is 78.4 Å². The van der Waals surface area contributed by atoms with Crippen molar-refractivity contribution >= 4 is 12.0 Å². The number of carboxylic acid groups (broad SMARTS) is 1. The number of carbonyl (C=O) groups is 2. The number of rotatable bonds is 8. The van der Waals surface area contributed by atoms with Crippen LogP contribution in [-0.4, -0.2) is 29.7 Å². The number of aliphatic carboxylic acids is 1. The maximum atomic E-state index is 11.5. The van der Waals surface area contributed by atoms with Crippen molar-refractivity contribution in [2.75, 3.05) is 6.54 Å². The molecule has 0 spiro atoms. The fourth-order valence-electron chi connectivity index (χ4n) is 1.43. The Hall–Kier alpha value is -1.70. The smallest absolute Gasteiger partial charge is 0.326 e. The number of unbranched alkanes of at least 4 members (excludes halogenated alkanes) is 2. The predicted octanol–water partition coefficient (Wildman–Crippen LogP) is 1.59. The van der Waals surface area contributed by atoms with Gasteiger partial charge in [-0.15, -0.1) is 12.3 Å². The fourth-order valence-corrected chi connectivity index (χ4v) is 1.43. The zero-order valence-electron chi connectivity index (χ0n) is 11.0. The molecule has 0 saturated heterocycles. The number of hydrogen-bond acceptors (Lipinski definition) is 2. The zero-order chi connectivity index (χ0) is 14.0. The van der Waals surface area contributed by atoms with Crippen LogP contribution in [0.5, 0.6) is 0 Å². The third-order valence-electron chi connectivity index (χ3n) is 2.80. The van der Waals surface area contributed by atoms with Gasteiger partial charge in [-0.25, -0.2) is 9.59 Å². The number of terminal acetylenes is 1. The van der Waals surface area contributed by atoms with E-state index in [2.05, 4.69) is 16.6 Å². The van der Waals surface area contributed by atoms with E-state index in [0.29, 0.717) is 19.4 Å². The van der Waals surface area contributed by atoms with Crippen LogP contribution in [0.15, 0.2) is 0 Å². The minimum Gasteiger partial charge on any atom is -0.480 e. The Morgan fingerprint density at radius 2 is 2.06 bits per heavy atom. The molecule has 0 heterocycles. The normalized spacial score (nSPS) is 13.2. The second-order valence-electron chi connectivity index (χ2n) is 4.26. The van der Waals surface area contributed by atoms with Gasteiger partial charge in [-0.1, -0.05) is 20.3 Å². The van der Waals surface area contributed by atoms with E-state index >= 15 is 0 Å². The second-order valence-corrected chi connectivity index (χ2v) is 4.26. The number of urea groups is 1. The van der Waals surface area contributed by atoms with Crippen LogP contribution in [0.4, 0.5) is 4.79 Å². The molecule has 0 radical (unpaired) electrons. The number of carbonyl (C=O) groups excluding carboxylic acids is 1. The molecule has 0 aromatic carbocycles. The lowest BCUT2D eigenvalue weighted by Crippen LogP contribution is -2.49. The minimum absolute atomic E-state index is 0.102. The van der Waals surface area contributed by atoms with Gasteiger partial charge in [0.25, 0.3) is 0 Å². The molecule has 5 nitrogen and oxygen atoms in total. The molecule has 0 aliphatic rings. The lowest BCUT2D eigenvalue weighted by Gasteiger charge is -2.20. The SMILES string of the molecule is C#CCCCCNC(=O)N[C@H](C(=O)O)C(C)CC. The molecule has 1 unspecified atom stereocenters. The second kappa shape index (κ2) is 9.34. The van der Waals surface area contributed by atoms with E-state index in [4.69, 9.17) is 11.5 Å². The third-order valence-corrected chi connectivity index (χ3v) is 2.80. The number of carboxylic acids is 1. The first-order valence-corrected chi connectivity index (χ1v) is 6.23. The van der Waals surface area contributed by atoms with Crippen molar-refractivity contribution in [3.05, 3.63) is 0 Å². The molecule has 0 rings (SSSR count).